The third-order valence-electron chi connectivity index (χ3n) is 4.05. The summed E-state index contributed by atoms with van der Waals surface area (Å²) in [5, 5.41) is 15.4. The third-order valence-corrected chi connectivity index (χ3v) is 4.64. The highest BCUT2D eigenvalue weighted by atomic mass is 35.5. The lowest BCUT2D eigenvalue weighted by molar-refractivity contribution is -0.698. The lowest BCUT2D eigenvalue weighted by Crippen LogP contribution is -2.92. The Kier molecular flexibility index (Phi) is 5.09. The molecule has 2 aromatic carbocycles. The molecular weight excluding hydrogens is 347 g/mol. The van der Waals surface area contributed by atoms with Gasteiger partial charge in [-0.2, -0.15) is 0 Å². The van der Waals surface area contributed by atoms with E-state index in [4.69, 9.17) is 23.2 Å². The zero-order valence-corrected chi connectivity index (χ0v) is 14.3. The second-order valence-corrected chi connectivity index (χ2v) is 6.51. The van der Waals surface area contributed by atoms with Crippen LogP contribution in [-0.2, 0) is 17.8 Å². The fourth-order valence-electron chi connectivity index (χ4n) is 2.76. The van der Waals surface area contributed by atoms with Gasteiger partial charge in [-0.05, 0) is 23.8 Å². The molecule has 6 heteroatoms. The average Bonchev–Trinajstić information content (AvgIpc) is 2.95. The van der Waals surface area contributed by atoms with Crippen molar-refractivity contribution in [3.63, 3.8) is 0 Å². The lowest BCUT2D eigenvalue weighted by Gasteiger charge is -2.17. The Balaban J connectivity index is 1.74. The first kappa shape index (κ1) is 16.8. The molecule has 1 heterocycles. The fraction of sp³-hybridized carbons (Fsp3) is 0.167. The number of H-pyrrole nitrogens is 1. The Morgan fingerprint density at radius 1 is 1.17 bits per heavy atom. The molecule has 0 aliphatic heterocycles. The summed E-state index contributed by atoms with van der Waals surface area (Å²) in [5.41, 5.74) is 2.79. The summed E-state index contributed by atoms with van der Waals surface area (Å²) in [6.07, 6.45) is 2.22. The van der Waals surface area contributed by atoms with E-state index >= 15 is 0 Å². The van der Waals surface area contributed by atoms with Crippen LogP contribution in [0.4, 0.5) is 0 Å². The SMILES string of the molecule is O=C([O-])[C@H](Cc1c[nH]c2ccccc12)[NH2+]Cc1ccc(Cl)cc1Cl. The van der Waals surface area contributed by atoms with Crippen LogP contribution in [0, 0.1) is 0 Å². The van der Waals surface area contributed by atoms with Crippen LogP contribution in [0.25, 0.3) is 10.9 Å². The number of fused-ring (bicyclic) bond motifs is 1. The van der Waals surface area contributed by atoms with Gasteiger partial charge in [-0.1, -0.05) is 47.5 Å². The molecule has 24 heavy (non-hydrogen) atoms. The maximum Gasteiger partial charge on any atom is 0.130 e. The minimum atomic E-state index is -1.09. The van der Waals surface area contributed by atoms with Crippen molar-refractivity contribution in [3.8, 4) is 0 Å². The lowest BCUT2D eigenvalue weighted by atomic mass is 10.0. The first-order valence-electron chi connectivity index (χ1n) is 7.57. The highest BCUT2D eigenvalue weighted by Crippen LogP contribution is 2.21. The van der Waals surface area contributed by atoms with Crippen LogP contribution < -0.4 is 10.4 Å². The summed E-state index contributed by atoms with van der Waals surface area (Å²) in [5.74, 6) is -1.09. The van der Waals surface area contributed by atoms with E-state index in [0.717, 1.165) is 22.0 Å². The van der Waals surface area contributed by atoms with Crippen molar-refractivity contribution >= 4 is 40.1 Å². The van der Waals surface area contributed by atoms with Crippen LogP contribution in [0.15, 0.2) is 48.7 Å². The van der Waals surface area contributed by atoms with Crippen LogP contribution in [0.5, 0.6) is 0 Å². The number of quaternary nitrogens is 1. The normalized spacial score (nSPS) is 12.4. The van der Waals surface area contributed by atoms with Crippen molar-refractivity contribution in [3.05, 3.63) is 69.8 Å². The predicted octanol–water partition coefficient (Wildman–Crippen LogP) is 1.90. The van der Waals surface area contributed by atoms with Gasteiger partial charge in [0, 0.05) is 34.1 Å². The van der Waals surface area contributed by atoms with Gasteiger partial charge in [-0.3, -0.25) is 0 Å². The number of hydrogen-bond donors (Lipinski definition) is 2. The highest BCUT2D eigenvalue weighted by molar-refractivity contribution is 6.35. The highest BCUT2D eigenvalue weighted by Gasteiger charge is 2.17. The Bertz CT molecular complexity index is 876. The first-order chi connectivity index (χ1) is 11.5. The van der Waals surface area contributed by atoms with Crippen LogP contribution in [-0.4, -0.2) is 17.0 Å². The second kappa shape index (κ2) is 7.26. The zero-order valence-electron chi connectivity index (χ0n) is 12.8. The number of para-hydroxylation sites is 1. The maximum absolute atomic E-state index is 11.5. The number of carboxylic acid groups (broad SMARTS) is 1. The quantitative estimate of drug-likeness (QED) is 0.702. The molecule has 0 bridgehead atoms. The van der Waals surface area contributed by atoms with Gasteiger partial charge in [0.2, 0.25) is 0 Å². The number of nitrogens with two attached hydrogens (primary N) is 1. The monoisotopic (exact) mass is 362 g/mol. The van der Waals surface area contributed by atoms with E-state index in [1.165, 1.54) is 0 Å². The van der Waals surface area contributed by atoms with Crippen LogP contribution in [0.1, 0.15) is 11.1 Å². The summed E-state index contributed by atoms with van der Waals surface area (Å²) in [6, 6.07) is 12.3. The van der Waals surface area contributed by atoms with Gasteiger partial charge in [-0.25, -0.2) is 0 Å². The second-order valence-electron chi connectivity index (χ2n) is 5.66. The fourth-order valence-corrected chi connectivity index (χ4v) is 3.24. The molecule has 4 nitrogen and oxygen atoms in total. The number of aromatic nitrogens is 1. The summed E-state index contributed by atoms with van der Waals surface area (Å²) in [4.78, 5) is 14.7. The van der Waals surface area contributed by atoms with Crippen LogP contribution >= 0.6 is 23.2 Å². The predicted molar refractivity (Wildman–Crippen MR) is 92.9 cm³/mol. The Labute approximate surface area is 149 Å². The van der Waals surface area contributed by atoms with E-state index in [2.05, 4.69) is 4.98 Å². The molecule has 0 saturated heterocycles. The molecule has 124 valence electrons. The van der Waals surface area contributed by atoms with Gasteiger partial charge < -0.3 is 20.2 Å². The molecule has 0 spiro atoms. The van der Waals surface area contributed by atoms with Gasteiger partial charge in [0.25, 0.3) is 0 Å². The van der Waals surface area contributed by atoms with Crippen molar-refractivity contribution in [1.29, 1.82) is 0 Å². The number of carbonyl (C=O) groups excluding carboxylic acids is 1. The minimum absolute atomic E-state index is 0.373. The van der Waals surface area contributed by atoms with Crippen molar-refractivity contribution < 1.29 is 15.2 Å². The average molecular weight is 363 g/mol. The topological polar surface area (TPSA) is 72.5 Å². The van der Waals surface area contributed by atoms with E-state index in [1.54, 1.807) is 23.5 Å². The Morgan fingerprint density at radius 2 is 1.96 bits per heavy atom. The number of carbonyl (C=O) groups is 1. The number of aromatic amines is 1. The largest absolute Gasteiger partial charge is 0.544 e. The molecule has 0 aliphatic rings. The van der Waals surface area contributed by atoms with Gasteiger partial charge in [-0.15, -0.1) is 0 Å². The number of nitrogens with one attached hydrogen (secondary N) is 1. The van der Waals surface area contributed by atoms with Crippen molar-refractivity contribution in [2.45, 2.75) is 19.0 Å². The number of halogens is 2. The number of benzene rings is 2. The summed E-state index contributed by atoms with van der Waals surface area (Å²) in [7, 11) is 0. The minimum Gasteiger partial charge on any atom is -0.544 e. The van der Waals surface area contributed by atoms with Gasteiger partial charge in [0.1, 0.15) is 12.6 Å². The van der Waals surface area contributed by atoms with Gasteiger partial charge in [0.05, 0.1) is 11.0 Å². The number of carboxylic acids is 1. The Morgan fingerprint density at radius 3 is 2.71 bits per heavy atom. The number of aliphatic carboxylic acids is 1. The van der Waals surface area contributed by atoms with Crippen molar-refractivity contribution in [2.75, 3.05) is 0 Å². The van der Waals surface area contributed by atoms with Crippen molar-refractivity contribution in [2.24, 2.45) is 0 Å². The molecule has 0 saturated carbocycles. The molecule has 0 amide bonds. The van der Waals surface area contributed by atoms with Crippen molar-refractivity contribution in [1.82, 2.24) is 4.98 Å². The molecule has 0 radical (unpaired) electrons. The number of hydrogen-bond acceptors (Lipinski definition) is 2. The summed E-state index contributed by atoms with van der Waals surface area (Å²) >= 11 is 12.0. The van der Waals surface area contributed by atoms with Gasteiger partial charge >= 0.3 is 0 Å². The number of rotatable bonds is 6. The Hall–Kier alpha value is -2.01. The molecule has 0 aliphatic carbocycles. The molecule has 0 unspecified atom stereocenters. The molecule has 3 N–H and O–H groups in total. The molecular formula is C18H16Cl2N2O2. The molecule has 3 rings (SSSR count). The van der Waals surface area contributed by atoms with E-state index < -0.39 is 12.0 Å². The smallest absolute Gasteiger partial charge is 0.130 e. The van der Waals surface area contributed by atoms with E-state index in [0.29, 0.717) is 23.0 Å². The molecule has 0 fully saturated rings. The first-order valence-corrected chi connectivity index (χ1v) is 8.33. The van der Waals surface area contributed by atoms with Crippen LogP contribution in [0.3, 0.4) is 0 Å². The molecule has 1 atom stereocenters. The van der Waals surface area contributed by atoms with E-state index in [1.807, 2.05) is 30.5 Å². The third kappa shape index (κ3) is 3.73. The van der Waals surface area contributed by atoms with E-state index in [9.17, 15) is 9.90 Å². The van der Waals surface area contributed by atoms with Gasteiger partial charge in [0.15, 0.2) is 0 Å². The molecule has 3 aromatic rings. The van der Waals surface area contributed by atoms with E-state index in [-0.39, 0.29) is 0 Å². The van der Waals surface area contributed by atoms with Crippen LogP contribution in [0.2, 0.25) is 10.0 Å². The maximum atomic E-state index is 11.5. The molecule has 1 aromatic heterocycles. The summed E-state index contributed by atoms with van der Waals surface area (Å²) in [6.45, 7) is 0.441. The standard InChI is InChI=1S/C18H16Cl2N2O2/c19-13-6-5-11(15(20)8-13)9-22-17(18(23)24)7-12-10-21-16-4-2-1-3-14(12)16/h1-6,8,10,17,21-22H,7,9H2,(H,23,24)/t17-/m0/s1. The zero-order chi connectivity index (χ0) is 17.1. The summed E-state index contributed by atoms with van der Waals surface area (Å²) < 4.78 is 0.